The summed E-state index contributed by atoms with van der Waals surface area (Å²) < 4.78 is 0. The van der Waals surface area contributed by atoms with E-state index in [9.17, 15) is 34.8 Å². The van der Waals surface area contributed by atoms with E-state index >= 15 is 0 Å². The van der Waals surface area contributed by atoms with Crippen LogP contribution in [0, 0.1) is 46.8 Å². The van der Waals surface area contributed by atoms with Gasteiger partial charge >= 0.3 is 17.9 Å². The van der Waals surface area contributed by atoms with Crippen molar-refractivity contribution < 1.29 is 34.8 Å². The van der Waals surface area contributed by atoms with E-state index in [-0.39, 0.29) is 54.8 Å². The Kier molecular flexibility index (Phi) is 15.0. The average molecular weight is 529 g/mol. The highest BCUT2D eigenvalue weighted by Gasteiger charge is 2.67. The third-order valence-corrected chi connectivity index (χ3v) is 9.36. The van der Waals surface area contributed by atoms with E-state index in [1.807, 2.05) is 62.3 Å². The van der Waals surface area contributed by atoms with Gasteiger partial charge in [0, 0.05) is 0 Å². The van der Waals surface area contributed by atoms with Gasteiger partial charge in [-0.25, -0.2) is 4.79 Å². The van der Waals surface area contributed by atoms with Crippen LogP contribution in [-0.4, -0.2) is 43.9 Å². The zero-order valence-electron chi connectivity index (χ0n) is 24.9. The molecule has 0 aliphatic carbocycles. The molecule has 37 heavy (non-hydrogen) atoms. The summed E-state index contributed by atoms with van der Waals surface area (Å²) in [5, 5.41) is 43.7. The van der Waals surface area contributed by atoms with Gasteiger partial charge in [0.1, 0.15) is 5.41 Å². The molecular formula is C30H56O7. The predicted molar refractivity (Wildman–Crippen MR) is 147 cm³/mol. The quantitative estimate of drug-likeness (QED) is 0.134. The van der Waals surface area contributed by atoms with E-state index in [4.69, 9.17) is 0 Å². The van der Waals surface area contributed by atoms with Crippen molar-refractivity contribution in [2.24, 2.45) is 46.8 Å². The molecule has 218 valence electrons. The maximum absolute atomic E-state index is 13.2. The van der Waals surface area contributed by atoms with Crippen LogP contribution in [0.25, 0.3) is 0 Å². The monoisotopic (exact) mass is 528 g/mol. The Balaban J connectivity index is 7.07. The van der Waals surface area contributed by atoms with Crippen LogP contribution in [-0.2, 0) is 14.4 Å². The van der Waals surface area contributed by atoms with Crippen molar-refractivity contribution in [3.8, 4) is 0 Å². The fraction of sp³-hybridized carbons (Fsp3) is 0.900. The van der Waals surface area contributed by atoms with Gasteiger partial charge in [-0.1, -0.05) is 101 Å². The Morgan fingerprint density at radius 1 is 0.595 bits per heavy atom. The highest BCUT2D eigenvalue weighted by atomic mass is 16.4. The summed E-state index contributed by atoms with van der Waals surface area (Å²) in [6.07, 6.45) is 4.87. The number of aliphatic carboxylic acids is 3. The second-order valence-corrected chi connectivity index (χ2v) is 12.2. The second kappa shape index (κ2) is 15.7. The lowest BCUT2D eigenvalue weighted by Gasteiger charge is -2.48. The number of carboxylic acid groups (broad SMARTS) is 3. The lowest BCUT2D eigenvalue weighted by molar-refractivity contribution is -0.212. The Morgan fingerprint density at radius 3 is 1.22 bits per heavy atom. The van der Waals surface area contributed by atoms with Crippen LogP contribution in [0.1, 0.15) is 120 Å². The Hall–Kier alpha value is -1.63. The van der Waals surface area contributed by atoms with Crippen LogP contribution in [0.15, 0.2) is 0 Å². The number of carboxylic acids is 3. The van der Waals surface area contributed by atoms with E-state index in [0.717, 1.165) is 38.5 Å². The molecule has 4 N–H and O–H groups in total. The van der Waals surface area contributed by atoms with Crippen LogP contribution in [0.2, 0.25) is 0 Å². The third-order valence-electron chi connectivity index (χ3n) is 9.36. The predicted octanol–water partition coefficient (Wildman–Crippen LogP) is 6.96. The Bertz CT molecular complexity index is 701. The minimum atomic E-state index is -2.97. The molecule has 0 amide bonds. The molecule has 0 fully saturated rings. The molecule has 8 atom stereocenters. The number of aliphatic hydroxyl groups is 1. The van der Waals surface area contributed by atoms with Gasteiger partial charge in [0.05, 0.1) is 5.92 Å². The van der Waals surface area contributed by atoms with Crippen LogP contribution < -0.4 is 0 Å². The average Bonchev–Trinajstić information content (AvgIpc) is 2.80. The zero-order chi connectivity index (χ0) is 29.1. The molecule has 0 heterocycles. The van der Waals surface area contributed by atoms with Crippen molar-refractivity contribution in [3.63, 3.8) is 0 Å². The van der Waals surface area contributed by atoms with Crippen molar-refractivity contribution in [3.05, 3.63) is 0 Å². The second-order valence-electron chi connectivity index (χ2n) is 12.2. The molecule has 0 aliphatic heterocycles. The van der Waals surface area contributed by atoms with Crippen LogP contribution >= 0.6 is 0 Å². The van der Waals surface area contributed by atoms with Crippen molar-refractivity contribution in [1.29, 1.82) is 0 Å². The first-order valence-electron chi connectivity index (χ1n) is 14.5. The summed E-state index contributed by atoms with van der Waals surface area (Å²) in [4.78, 5) is 38.9. The maximum atomic E-state index is 13.2. The molecule has 7 heteroatoms. The molecule has 0 saturated carbocycles. The summed E-state index contributed by atoms with van der Waals surface area (Å²) in [5.41, 5.74) is -5.12. The fourth-order valence-corrected chi connectivity index (χ4v) is 6.19. The summed E-state index contributed by atoms with van der Waals surface area (Å²) >= 11 is 0. The van der Waals surface area contributed by atoms with Gasteiger partial charge in [-0.05, 0) is 54.8 Å². The van der Waals surface area contributed by atoms with Gasteiger partial charge in [-0.3, -0.25) is 9.59 Å². The lowest BCUT2D eigenvalue weighted by atomic mass is 9.55. The lowest BCUT2D eigenvalue weighted by Crippen LogP contribution is -2.65. The summed E-state index contributed by atoms with van der Waals surface area (Å²) in [6, 6.07) is 0. The standard InChI is InChI=1S/C30H56O7/c1-10-13-19(4)22(7)16-25(26(31)32)30(37,28(35)36)29(27(33)34,17-23(8)20(5)14-11-2)18-24(9)21(6)15-12-3/h19-25,37H,10-18H2,1-9H3,(H,31,32)(H,33,34)(H,35,36). The van der Waals surface area contributed by atoms with Gasteiger partial charge in [-0.15, -0.1) is 0 Å². The van der Waals surface area contributed by atoms with E-state index in [0.29, 0.717) is 0 Å². The van der Waals surface area contributed by atoms with Crippen LogP contribution in [0.4, 0.5) is 0 Å². The molecule has 8 unspecified atom stereocenters. The van der Waals surface area contributed by atoms with Gasteiger partial charge in [0.2, 0.25) is 0 Å². The highest BCUT2D eigenvalue weighted by Crippen LogP contribution is 2.51. The first-order chi connectivity index (χ1) is 17.1. The largest absolute Gasteiger partial charge is 0.481 e. The maximum Gasteiger partial charge on any atom is 0.337 e. The van der Waals surface area contributed by atoms with Gasteiger partial charge in [0.25, 0.3) is 0 Å². The smallest absolute Gasteiger partial charge is 0.337 e. The van der Waals surface area contributed by atoms with Crippen LogP contribution in [0.3, 0.4) is 0 Å². The molecule has 0 spiro atoms. The van der Waals surface area contributed by atoms with Crippen molar-refractivity contribution >= 4 is 17.9 Å². The van der Waals surface area contributed by atoms with Gasteiger partial charge in [-0.2, -0.15) is 0 Å². The number of rotatable bonds is 20. The molecule has 0 aromatic carbocycles. The van der Waals surface area contributed by atoms with Gasteiger partial charge in [0.15, 0.2) is 5.60 Å². The molecule has 7 nitrogen and oxygen atoms in total. The molecular weight excluding hydrogens is 472 g/mol. The van der Waals surface area contributed by atoms with Crippen molar-refractivity contribution in [2.45, 2.75) is 126 Å². The number of hydrogen-bond donors (Lipinski definition) is 4. The normalized spacial score (nSPS) is 20.9. The Labute approximate surface area is 225 Å². The van der Waals surface area contributed by atoms with Crippen molar-refractivity contribution in [1.82, 2.24) is 0 Å². The zero-order valence-corrected chi connectivity index (χ0v) is 24.9. The minimum Gasteiger partial charge on any atom is -0.481 e. The summed E-state index contributed by atoms with van der Waals surface area (Å²) in [6.45, 7) is 17.7. The first kappa shape index (κ1) is 35.4. The van der Waals surface area contributed by atoms with Crippen LogP contribution in [0.5, 0.6) is 0 Å². The molecule has 0 aromatic heterocycles. The molecule has 0 bridgehead atoms. The topological polar surface area (TPSA) is 132 Å². The third kappa shape index (κ3) is 8.69. The molecule has 0 radical (unpaired) electrons. The highest BCUT2D eigenvalue weighted by molar-refractivity contribution is 5.93. The minimum absolute atomic E-state index is 0.0944. The van der Waals surface area contributed by atoms with Crippen molar-refractivity contribution in [2.75, 3.05) is 0 Å². The number of hydrogen-bond acceptors (Lipinski definition) is 4. The number of carbonyl (C=O) groups is 3. The molecule has 0 aliphatic rings. The molecule has 0 saturated heterocycles. The van der Waals surface area contributed by atoms with E-state index in [1.54, 1.807) is 0 Å². The van der Waals surface area contributed by atoms with Gasteiger partial charge < -0.3 is 20.4 Å². The molecule has 0 aromatic rings. The first-order valence-corrected chi connectivity index (χ1v) is 14.5. The summed E-state index contributed by atoms with van der Waals surface area (Å²) in [7, 11) is 0. The van der Waals surface area contributed by atoms with E-state index in [1.165, 1.54) is 0 Å². The molecule has 0 rings (SSSR count). The van der Waals surface area contributed by atoms with E-state index < -0.39 is 34.8 Å². The fourth-order valence-electron chi connectivity index (χ4n) is 6.19. The Morgan fingerprint density at radius 2 is 0.946 bits per heavy atom. The van der Waals surface area contributed by atoms with E-state index in [2.05, 4.69) is 0 Å². The SMILES string of the molecule is CCCC(C)C(C)CC(C(=O)O)C(O)(C(=O)O)C(CC(C)C(C)CCC)(CC(C)C(C)CCC)C(=O)O. The summed E-state index contributed by atoms with van der Waals surface area (Å²) in [5.74, 6) is -6.75.